The first-order valence-corrected chi connectivity index (χ1v) is 8.05. The van der Waals surface area contributed by atoms with Gasteiger partial charge in [0.05, 0.1) is 17.9 Å². The zero-order valence-electron chi connectivity index (χ0n) is 13.7. The Kier molecular flexibility index (Phi) is 3.41. The minimum Gasteiger partial charge on any atom is -0.310 e. The molecule has 3 aromatic rings. The molecule has 120 valence electrons. The van der Waals surface area contributed by atoms with Crippen LogP contribution in [0.2, 0.25) is 0 Å². The second-order valence-electron chi connectivity index (χ2n) is 6.23. The monoisotopic (exact) mass is 318 g/mol. The van der Waals surface area contributed by atoms with E-state index >= 15 is 0 Å². The van der Waals surface area contributed by atoms with Gasteiger partial charge >= 0.3 is 0 Å². The summed E-state index contributed by atoms with van der Waals surface area (Å²) in [6.45, 7) is 4.72. The topological polar surface area (TPSA) is 51.0 Å². The molecule has 5 nitrogen and oxygen atoms in total. The van der Waals surface area contributed by atoms with Crippen molar-refractivity contribution in [3.05, 3.63) is 54.1 Å². The highest BCUT2D eigenvalue weighted by Gasteiger charge is 2.26. The summed E-state index contributed by atoms with van der Waals surface area (Å²) in [5.41, 5.74) is 5.79. The number of fused-ring (bicyclic) bond motifs is 5. The number of benzene rings is 2. The van der Waals surface area contributed by atoms with E-state index in [0.717, 1.165) is 40.2 Å². The predicted octanol–water partition coefficient (Wildman–Crippen LogP) is 3.67. The predicted molar refractivity (Wildman–Crippen MR) is 93.5 cm³/mol. The van der Waals surface area contributed by atoms with Gasteiger partial charge in [-0.25, -0.2) is 4.68 Å². The average Bonchev–Trinajstić information content (AvgIpc) is 3.03. The molecule has 0 saturated heterocycles. The number of carbonyl (C=O) groups excluding carboxylic acids is 1. The Morgan fingerprint density at radius 3 is 2.50 bits per heavy atom. The molecule has 1 amide bonds. The Morgan fingerprint density at radius 2 is 1.75 bits per heavy atom. The Morgan fingerprint density at radius 1 is 1.04 bits per heavy atom. The molecule has 0 fully saturated rings. The molecule has 0 bridgehead atoms. The fourth-order valence-electron chi connectivity index (χ4n) is 3.26. The molecular weight excluding hydrogens is 300 g/mol. The summed E-state index contributed by atoms with van der Waals surface area (Å²) in [4.78, 5) is 13.4. The Bertz CT molecular complexity index is 913. The highest BCUT2D eigenvalue weighted by Crippen LogP contribution is 2.41. The van der Waals surface area contributed by atoms with Gasteiger partial charge < -0.3 is 4.90 Å². The molecule has 0 unspecified atom stereocenters. The van der Waals surface area contributed by atoms with E-state index in [4.69, 9.17) is 0 Å². The van der Waals surface area contributed by atoms with E-state index in [2.05, 4.69) is 36.3 Å². The van der Waals surface area contributed by atoms with Crippen molar-refractivity contribution in [2.45, 2.75) is 26.4 Å². The van der Waals surface area contributed by atoms with Gasteiger partial charge in [-0.15, -0.1) is 5.10 Å². The van der Waals surface area contributed by atoms with Gasteiger partial charge in [-0.3, -0.25) is 4.79 Å². The molecule has 1 aromatic heterocycles. The van der Waals surface area contributed by atoms with Crippen LogP contribution in [0.4, 0.5) is 5.69 Å². The Balaban J connectivity index is 2.10. The number of amides is 1. The number of nitrogens with zero attached hydrogens (tertiary/aromatic N) is 4. The van der Waals surface area contributed by atoms with E-state index in [1.165, 1.54) is 0 Å². The second-order valence-corrected chi connectivity index (χ2v) is 6.23. The smallest absolute Gasteiger partial charge is 0.214 e. The van der Waals surface area contributed by atoms with Gasteiger partial charge in [0.15, 0.2) is 0 Å². The fraction of sp³-hybridized carbons (Fsp3) is 0.211. The molecule has 0 saturated carbocycles. The molecule has 4 rings (SSSR count). The maximum atomic E-state index is 11.7. The van der Waals surface area contributed by atoms with Crippen LogP contribution in [0.25, 0.3) is 22.5 Å². The van der Waals surface area contributed by atoms with Crippen LogP contribution < -0.4 is 4.90 Å². The minimum absolute atomic E-state index is 0.197. The van der Waals surface area contributed by atoms with E-state index in [-0.39, 0.29) is 6.04 Å². The molecule has 0 N–H and O–H groups in total. The van der Waals surface area contributed by atoms with E-state index in [1.807, 2.05) is 41.1 Å². The van der Waals surface area contributed by atoms with Crippen molar-refractivity contribution in [3.63, 3.8) is 0 Å². The Labute approximate surface area is 140 Å². The highest BCUT2D eigenvalue weighted by atomic mass is 16.1. The van der Waals surface area contributed by atoms with E-state index in [9.17, 15) is 4.79 Å². The summed E-state index contributed by atoms with van der Waals surface area (Å²) in [5.74, 6) is 0. The van der Waals surface area contributed by atoms with Gasteiger partial charge in [-0.2, -0.15) is 0 Å². The van der Waals surface area contributed by atoms with Crippen LogP contribution in [-0.4, -0.2) is 21.4 Å². The van der Waals surface area contributed by atoms with Gasteiger partial charge in [0.25, 0.3) is 0 Å². The van der Waals surface area contributed by atoms with Crippen molar-refractivity contribution < 1.29 is 4.79 Å². The number of hydrogen-bond donors (Lipinski definition) is 0. The summed E-state index contributed by atoms with van der Waals surface area (Å²) < 4.78 is 1.96. The van der Waals surface area contributed by atoms with Crippen LogP contribution in [-0.2, 0) is 11.3 Å². The van der Waals surface area contributed by atoms with Crippen LogP contribution in [0, 0.1) is 0 Å². The Hall–Kier alpha value is -2.95. The van der Waals surface area contributed by atoms with Gasteiger partial charge in [0.2, 0.25) is 6.41 Å². The maximum Gasteiger partial charge on any atom is 0.214 e. The van der Waals surface area contributed by atoms with E-state index in [1.54, 1.807) is 4.90 Å². The van der Waals surface area contributed by atoms with Crippen molar-refractivity contribution in [1.82, 2.24) is 15.0 Å². The second kappa shape index (κ2) is 5.60. The zero-order chi connectivity index (χ0) is 16.7. The summed E-state index contributed by atoms with van der Waals surface area (Å²) in [6, 6.07) is 16.2. The quantitative estimate of drug-likeness (QED) is 0.677. The number of anilines is 1. The zero-order valence-corrected chi connectivity index (χ0v) is 13.7. The number of aromatic nitrogens is 3. The first-order valence-electron chi connectivity index (χ1n) is 8.05. The number of hydrogen-bond acceptors (Lipinski definition) is 3. The van der Waals surface area contributed by atoms with Gasteiger partial charge in [-0.05, 0) is 25.5 Å². The lowest BCUT2D eigenvalue weighted by Gasteiger charge is -2.25. The van der Waals surface area contributed by atoms with Crippen molar-refractivity contribution in [1.29, 1.82) is 0 Å². The molecule has 5 heteroatoms. The van der Waals surface area contributed by atoms with Crippen molar-refractivity contribution in [2.75, 3.05) is 4.90 Å². The summed E-state index contributed by atoms with van der Waals surface area (Å²) in [6.07, 6.45) is 0.882. The van der Waals surface area contributed by atoms with Crippen molar-refractivity contribution >= 4 is 12.1 Å². The van der Waals surface area contributed by atoms with Crippen molar-refractivity contribution in [2.24, 2.45) is 0 Å². The van der Waals surface area contributed by atoms with E-state index in [0.29, 0.717) is 6.54 Å². The molecule has 0 radical (unpaired) electrons. The maximum absolute atomic E-state index is 11.7. The standard InChI is InChI=1S/C19H18N4O/c1-13(2)23-19-15-8-4-3-7-14(15)11-22(12-24)17-10-6-5-9-16(17)18(19)20-21-23/h3-10,12-13H,11H2,1-2H3. The van der Waals surface area contributed by atoms with E-state index < -0.39 is 0 Å². The summed E-state index contributed by atoms with van der Waals surface area (Å²) in [5, 5.41) is 8.85. The number of rotatable bonds is 2. The molecule has 0 aliphatic carbocycles. The highest BCUT2D eigenvalue weighted by molar-refractivity contribution is 5.92. The number of para-hydroxylation sites is 1. The van der Waals surface area contributed by atoms with Gasteiger partial charge in [-0.1, -0.05) is 47.7 Å². The van der Waals surface area contributed by atoms with Crippen LogP contribution in [0.15, 0.2) is 48.5 Å². The minimum atomic E-state index is 0.197. The third-order valence-electron chi connectivity index (χ3n) is 4.39. The summed E-state index contributed by atoms with van der Waals surface area (Å²) >= 11 is 0. The van der Waals surface area contributed by atoms with Gasteiger partial charge in [0, 0.05) is 17.2 Å². The largest absolute Gasteiger partial charge is 0.310 e. The van der Waals surface area contributed by atoms with Crippen LogP contribution in [0.5, 0.6) is 0 Å². The lowest BCUT2D eigenvalue weighted by Crippen LogP contribution is -2.23. The molecule has 2 heterocycles. The van der Waals surface area contributed by atoms with Gasteiger partial charge in [0.1, 0.15) is 5.69 Å². The molecule has 24 heavy (non-hydrogen) atoms. The third kappa shape index (κ3) is 2.12. The first kappa shape index (κ1) is 14.6. The molecule has 1 aliphatic heterocycles. The lowest BCUT2D eigenvalue weighted by molar-refractivity contribution is -0.107. The first-order chi connectivity index (χ1) is 11.7. The lowest BCUT2D eigenvalue weighted by atomic mass is 9.95. The SMILES string of the molecule is CC(C)n1nnc2c1-c1ccccc1CN(C=O)c1ccccc1-2. The van der Waals surface area contributed by atoms with Crippen LogP contribution >= 0.6 is 0 Å². The summed E-state index contributed by atoms with van der Waals surface area (Å²) in [7, 11) is 0. The molecule has 2 aromatic carbocycles. The molecule has 1 aliphatic rings. The third-order valence-corrected chi connectivity index (χ3v) is 4.39. The molecule has 0 spiro atoms. The number of carbonyl (C=O) groups is 1. The van der Waals surface area contributed by atoms with Crippen LogP contribution in [0.3, 0.4) is 0 Å². The molecule has 0 atom stereocenters. The van der Waals surface area contributed by atoms with Crippen LogP contribution in [0.1, 0.15) is 25.5 Å². The average molecular weight is 318 g/mol. The normalized spacial score (nSPS) is 12.9. The molecular formula is C19H18N4O. The fourth-order valence-corrected chi connectivity index (χ4v) is 3.26. The van der Waals surface area contributed by atoms with Crippen molar-refractivity contribution in [3.8, 4) is 22.5 Å².